The highest BCUT2D eigenvalue weighted by Gasteiger charge is 2.37. The molecular formula is C54H40N2. The number of hydrogen-bond donors (Lipinski definition) is 0. The summed E-state index contributed by atoms with van der Waals surface area (Å²) >= 11 is 0. The first-order valence-electron chi connectivity index (χ1n) is 19.8. The second-order valence-corrected chi connectivity index (χ2v) is 15.8. The average Bonchev–Trinajstić information content (AvgIpc) is 3.75. The predicted molar refractivity (Wildman–Crippen MR) is 236 cm³/mol. The van der Waals surface area contributed by atoms with E-state index in [-0.39, 0.29) is 5.41 Å². The van der Waals surface area contributed by atoms with E-state index in [1.165, 1.54) is 82.7 Å². The first-order valence-corrected chi connectivity index (χ1v) is 19.8. The van der Waals surface area contributed by atoms with Crippen LogP contribution in [-0.4, -0.2) is 9.55 Å². The Hall–Kier alpha value is -6.77. The topological polar surface area (TPSA) is 17.8 Å². The van der Waals surface area contributed by atoms with Gasteiger partial charge in [-0.05, 0) is 102 Å². The molecule has 11 rings (SSSR count). The second-order valence-electron chi connectivity index (χ2n) is 15.8. The summed E-state index contributed by atoms with van der Waals surface area (Å²) in [6, 6.07) is 62.7. The number of hydrogen-bond acceptors (Lipinski definition) is 1. The molecule has 2 nitrogen and oxygen atoms in total. The van der Waals surface area contributed by atoms with Crippen molar-refractivity contribution in [2.24, 2.45) is 0 Å². The first-order chi connectivity index (χ1) is 27.5. The minimum absolute atomic E-state index is 0.186. The molecule has 8 aromatic carbocycles. The third-order valence-electron chi connectivity index (χ3n) is 12.3. The van der Waals surface area contributed by atoms with Gasteiger partial charge >= 0.3 is 0 Å². The van der Waals surface area contributed by atoms with E-state index in [9.17, 15) is 0 Å². The molecule has 2 aliphatic rings. The molecule has 0 spiro atoms. The number of benzene rings is 8. The van der Waals surface area contributed by atoms with Gasteiger partial charge in [-0.25, -0.2) is 4.98 Å². The van der Waals surface area contributed by atoms with Crippen LogP contribution in [0.2, 0.25) is 0 Å². The minimum atomic E-state index is -0.186. The molecule has 9 aromatic rings. The van der Waals surface area contributed by atoms with Gasteiger partial charge < -0.3 is 4.57 Å². The zero-order valence-corrected chi connectivity index (χ0v) is 31.6. The minimum Gasteiger partial charge on any atom is -0.303 e. The van der Waals surface area contributed by atoms with Crippen LogP contribution in [0.1, 0.15) is 37.2 Å². The van der Waals surface area contributed by atoms with E-state index in [1.54, 1.807) is 0 Å². The van der Waals surface area contributed by atoms with Gasteiger partial charge in [-0.15, -0.1) is 0 Å². The maximum absolute atomic E-state index is 5.15. The van der Waals surface area contributed by atoms with Crippen LogP contribution in [0.5, 0.6) is 0 Å². The average molecular weight is 717 g/mol. The zero-order valence-electron chi connectivity index (χ0n) is 31.6. The molecule has 0 bridgehead atoms. The van der Waals surface area contributed by atoms with Gasteiger partial charge in [0.2, 0.25) is 0 Å². The summed E-state index contributed by atoms with van der Waals surface area (Å²) in [5.74, 6) is 1.12. The van der Waals surface area contributed by atoms with Crippen molar-refractivity contribution >= 4 is 27.7 Å². The standard InChI is InChI=1S/C54H40N2/c1-54(2)47-32-40(35-25-27-39(28-26-35)53-52(38-20-10-5-11-21-38)55-49-24-14-15-31-56(49)53)29-30-41(47)44-33-45-46(34-48(44)54)51(37-18-8-4-9-19-37)43-23-13-12-22-42(43)50(45)36-16-6-3-7-17-36/h3-13,15-23,25-34H,14,24H2,1-2H3. The zero-order chi connectivity index (χ0) is 37.4. The van der Waals surface area contributed by atoms with Gasteiger partial charge in [-0.2, -0.15) is 0 Å². The van der Waals surface area contributed by atoms with Gasteiger partial charge in [0.15, 0.2) is 0 Å². The second kappa shape index (κ2) is 12.6. The smallest absolute Gasteiger partial charge is 0.114 e. The van der Waals surface area contributed by atoms with Crippen molar-refractivity contribution < 1.29 is 0 Å². The van der Waals surface area contributed by atoms with Gasteiger partial charge in [-0.1, -0.05) is 172 Å². The van der Waals surface area contributed by atoms with Crippen LogP contribution < -0.4 is 0 Å². The van der Waals surface area contributed by atoms with Crippen LogP contribution in [0, 0.1) is 0 Å². The summed E-state index contributed by atoms with van der Waals surface area (Å²) in [7, 11) is 0. The Kier molecular flexibility index (Phi) is 7.37. The summed E-state index contributed by atoms with van der Waals surface area (Å²) in [6.45, 7) is 4.80. The van der Waals surface area contributed by atoms with Gasteiger partial charge in [0.1, 0.15) is 5.82 Å². The van der Waals surface area contributed by atoms with Gasteiger partial charge in [-0.3, -0.25) is 0 Å². The first kappa shape index (κ1) is 32.6. The van der Waals surface area contributed by atoms with Crippen molar-refractivity contribution in [3.05, 3.63) is 193 Å². The molecular weight excluding hydrogens is 677 g/mol. The van der Waals surface area contributed by atoms with Crippen molar-refractivity contribution in [3.63, 3.8) is 0 Å². The number of imidazole rings is 1. The molecule has 1 aliphatic carbocycles. The number of aromatic nitrogens is 2. The Labute approximate surface area is 328 Å². The van der Waals surface area contributed by atoms with Crippen molar-refractivity contribution in [1.82, 2.24) is 9.55 Å². The summed E-state index contributed by atoms with van der Waals surface area (Å²) in [5.41, 5.74) is 17.3. The molecule has 0 atom stereocenters. The van der Waals surface area contributed by atoms with Crippen LogP contribution in [0.4, 0.5) is 0 Å². The number of fused-ring (bicyclic) bond motifs is 6. The molecule has 1 aromatic heterocycles. The van der Waals surface area contributed by atoms with Crippen LogP contribution in [0.15, 0.2) is 176 Å². The number of nitrogens with zero attached hydrogens (tertiary/aromatic N) is 2. The van der Waals surface area contributed by atoms with E-state index < -0.39 is 0 Å². The highest BCUT2D eigenvalue weighted by atomic mass is 15.1. The lowest BCUT2D eigenvalue weighted by molar-refractivity contribution is 0.661. The van der Waals surface area contributed by atoms with Crippen molar-refractivity contribution in [3.8, 4) is 67.0 Å². The van der Waals surface area contributed by atoms with Gasteiger partial charge in [0.25, 0.3) is 0 Å². The van der Waals surface area contributed by atoms with E-state index in [0.717, 1.165) is 35.6 Å². The van der Waals surface area contributed by atoms with E-state index in [4.69, 9.17) is 4.98 Å². The fourth-order valence-corrected chi connectivity index (χ4v) is 9.52. The highest BCUT2D eigenvalue weighted by molar-refractivity contribution is 6.22. The lowest BCUT2D eigenvalue weighted by atomic mass is 9.79. The third kappa shape index (κ3) is 4.99. The molecule has 0 unspecified atom stereocenters. The summed E-state index contributed by atoms with van der Waals surface area (Å²) in [5, 5.41) is 5.16. The van der Waals surface area contributed by atoms with E-state index in [1.807, 2.05) is 0 Å². The molecule has 56 heavy (non-hydrogen) atoms. The van der Waals surface area contributed by atoms with Crippen molar-refractivity contribution in [2.45, 2.75) is 32.1 Å². The molecule has 0 amide bonds. The van der Waals surface area contributed by atoms with E-state index in [2.05, 4.69) is 201 Å². The number of rotatable bonds is 5. The normalized spacial score (nSPS) is 13.8. The Balaban J connectivity index is 1.06. The molecule has 0 fully saturated rings. The fourth-order valence-electron chi connectivity index (χ4n) is 9.52. The maximum Gasteiger partial charge on any atom is 0.114 e. The Morgan fingerprint density at radius 2 is 1.00 bits per heavy atom. The number of allylic oxidation sites excluding steroid dienone is 1. The maximum atomic E-state index is 5.15. The lowest BCUT2D eigenvalue weighted by Crippen LogP contribution is -2.15. The molecule has 2 heteroatoms. The summed E-state index contributed by atoms with van der Waals surface area (Å²) in [4.78, 5) is 5.15. The molecule has 2 heterocycles. The molecule has 0 saturated carbocycles. The molecule has 266 valence electrons. The Morgan fingerprint density at radius 1 is 0.464 bits per heavy atom. The van der Waals surface area contributed by atoms with E-state index in [0.29, 0.717) is 0 Å². The quantitative estimate of drug-likeness (QED) is 0.162. The van der Waals surface area contributed by atoms with Crippen LogP contribution in [0.3, 0.4) is 0 Å². The molecule has 0 N–H and O–H groups in total. The Bertz CT molecular complexity index is 3000. The van der Waals surface area contributed by atoms with Gasteiger partial charge in [0.05, 0.1) is 11.4 Å². The fraction of sp³-hybridized carbons (Fsp3) is 0.0926. The Morgan fingerprint density at radius 3 is 1.64 bits per heavy atom. The monoisotopic (exact) mass is 716 g/mol. The summed E-state index contributed by atoms with van der Waals surface area (Å²) in [6.07, 6.45) is 6.42. The van der Waals surface area contributed by atoms with Crippen molar-refractivity contribution in [2.75, 3.05) is 0 Å². The lowest BCUT2D eigenvalue weighted by Gasteiger charge is -2.24. The van der Waals surface area contributed by atoms with Crippen LogP contribution in [0.25, 0.3) is 94.8 Å². The molecule has 0 saturated heterocycles. The van der Waals surface area contributed by atoms with Crippen LogP contribution in [-0.2, 0) is 11.8 Å². The SMILES string of the molecule is CC1(C)c2cc(-c3ccc(-c4c(-c5ccccc5)nc5n4C=CCC5)cc3)ccc2-c2cc3c(-c4ccccc4)c4ccccc4c(-c4ccccc4)c3cc21. The van der Waals surface area contributed by atoms with Crippen molar-refractivity contribution in [1.29, 1.82) is 0 Å². The van der Waals surface area contributed by atoms with Crippen LogP contribution >= 0.6 is 0 Å². The largest absolute Gasteiger partial charge is 0.303 e. The third-order valence-corrected chi connectivity index (χ3v) is 12.3. The van der Waals surface area contributed by atoms with Gasteiger partial charge in [0, 0.05) is 29.2 Å². The number of aryl methyl sites for hydroxylation is 1. The highest BCUT2D eigenvalue weighted by Crippen LogP contribution is 2.54. The molecule has 0 radical (unpaired) electrons. The van der Waals surface area contributed by atoms with E-state index >= 15 is 0 Å². The summed E-state index contributed by atoms with van der Waals surface area (Å²) < 4.78 is 2.29. The molecule has 1 aliphatic heterocycles. The predicted octanol–water partition coefficient (Wildman–Crippen LogP) is 14.2.